The van der Waals surface area contributed by atoms with E-state index in [1.54, 1.807) is 0 Å². The Morgan fingerprint density at radius 2 is 2.00 bits per heavy atom. The van der Waals surface area contributed by atoms with Crippen molar-refractivity contribution >= 4 is 0 Å². The average Bonchev–Trinajstić information content (AvgIpc) is 2.21. The highest BCUT2D eigenvalue weighted by Crippen LogP contribution is 2.12. The highest BCUT2D eigenvalue weighted by Gasteiger charge is 2.17. The zero-order chi connectivity index (χ0) is 8.23. The fourth-order valence-corrected chi connectivity index (χ4v) is 1.75. The third kappa shape index (κ3) is 1.76. The number of nitrogens with zero attached hydrogens (tertiary/aromatic N) is 1. The van der Waals surface area contributed by atoms with Crippen LogP contribution in [-0.4, -0.2) is 37.2 Å². The molecular weight excluding hydrogens is 150 g/mol. The predicted octanol–water partition coefficient (Wildman–Crippen LogP) is 1.20. The fraction of sp³-hybridized carbons (Fsp3) is 0.600. The molecular formula is C10H15NO. The lowest BCUT2D eigenvalue weighted by molar-refractivity contribution is 0.0259. The molecule has 1 aliphatic carbocycles. The van der Waals surface area contributed by atoms with Crippen LogP contribution in [0.25, 0.3) is 0 Å². The normalized spacial score (nSPS) is 30.8. The van der Waals surface area contributed by atoms with Crippen molar-refractivity contribution in [1.82, 2.24) is 4.90 Å². The second kappa shape index (κ2) is 3.87. The number of morpholine rings is 1. The highest BCUT2D eigenvalue weighted by molar-refractivity contribution is 5.13. The standard InChI is InChI=1S/C10H15NO/c1-2-4-10(5-3-1)11-6-8-12-9-7-11/h1-4,10H,5-9H2. The van der Waals surface area contributed by atoms with Gasteiger partial charge < -0.3 is 4.74 Å². The van der Waals surface area contributed by atoms with E-state index < -0.39 is 0 Å². The Bertz CT molecular complexity index is 192. The molecule has 0 aromatic heterocycles. The highest BCUT2D eigenvalue weighted by atomic mass is 16.5. The lowest BCUT2D eigenvalue weighted by Gasteiger charge is -2.32. The molecule has 0 spiro atoms. The maximum atomic E-state index is 5.31. The molecule has 2 rings (SSSR count). The summed E-state index contributed by atoms with van der Waals surface area (Å²) in [5.74, 6) is 0. The van der Waals surface area contributed by atoms with Crippen molar-refractivity contribution in [3.63, 3.8) is 0 Å². The van der Waals surface area contributed by atoms with Gasteiger partial charge in [-0.1, -0.05) is 24.3 Å². The Kier molecular flexibility index (Phi) is 2.59. The van der Waals surface area contributed by atoms with Gasteiger partial charge in [-0.2, -0.15) is 0 Å². The van der Waals surface area contributed by atoms with E-state index in [1.165, 1.54) is 0 Å². The van der Waals surface area contributed by atoms with Crippen LogP contribution in [-0.2, 0) is 4.74 Å². The molecule has 12 heavy (non-hydrogen) atoms. The number of ether oxygens (including phenoxy) is 1. The first kappa shape index (κ1) is 8.02. The van der Waals surface area contributed by atoms with Gasteiger partial charge in [0.2, 0.25) is 0 Å². The third-order valence-electron chi connectivity index (χ3n) is 2.47. The number of hydrogen-bond donors (Lipinski definition) is 0. The van der Waals surface area contributed by atoms with Gasteiger partial charge in [-0.15, -0.1) is 0 Å². The van der Waals surface area contributed by atoms with E-state index in [2.05, 4.69) is 29.2 Å². The van der Waals surface area contributed by atoms with Gasteiger partial charge in [0.1, 0.15) is 0 Å². The molecule has 0 aromatic rings. The molecule has 0 saturated carbocycles. The summed E-state index contributed by atoms with van der Waals surface area (Å²) in [6.45, 7) is 3.97. The summed E-state index contributed by atoms with van der Waals surface area (Å²) >= 11 is 0. The zero-order valence-electron chi connectivity index (χ0n) is 7.28. The van der Waals surface area contributed by atoms with Crippen molar-refractivity contribution in [2.24, 2.45) is 0 Å². The number of rotatable bonds is 1. The first-order valence-electron chi connectivity index (χ1n) is 4.62. The Hall–Kier alpha value is -0.600. The van der Waals surface area contributed by atoms with Gasteiger partial charge >= 0.3 is 0 Å². The number of allylic oxidation sites excluding steroid dienone is 2. The van der Waals surface area contributed by atoms with Gasteiger partial charge in [0.15, 0.2) is 0 Å². The van der Waals surface area contributed by atoms with Gasteiger partial charge in [-0.25, -0.2) is 0 Å². The molecule has 0 amide bonds. The summed E-state index contributed by atoms with van der Waals surface area (Å²) < 4.78 is 5.31. The van der Waals surface area contributed by atoms with Gasteiger partial charge in [0, 0.05) is 19.1 Å². The SMILES string of the molecule is C1=CCC(N2CCOCC2)C=C1. The first-order valence-corrected chi connectivity index (χ1v) is 4.62. The van der Waals surface area contributed by atoms with Crippen LogP contribution < -0.4 is 0 Å². The predicted molar refractivity (Wildman–Crippen MR) is 49.1 cm³/mol. The van der Waals surface area contributed by atoms with Crippen LogP contribution in [0.5, 0.6) is 0 Å². The van der Waals surface area contributed by atoms with Gasteiger partial charge in [0.25, 0.3) is 0 Å². The van der Waals surface area contributed by atoms with Crippen LogP contribution in [0.15, 0.2) is 24.3 Å². The summed E-state index contributed by atoms with van der Waals surface area (Å²) in [4.78, 5) is 2.49. The maximum absolute atomic E-state index is 5.31. The minimum atomic E-state index is 0.624. The largest absolute Gasteiger partial charge is 0.379 e. The Labute approximate surface area is 73.5 Å². The quantitative estimate of drug-likeness (QED) is 0.579. The monoisotopic (exact) mass is 165 g/mol. The first-order chi connectivity index (χ1) is 5.97. The summed E-state index contributed by atoms with van der Waals surface area (Å²) in [6.07, 6.45) is 9.95. The summed E-state index contributed by atoms with van der Waals surface area (Å²) in [5.41, 5.74) is 0. The molecule has 1 unspecified atom stereocenters. The Morgan fingerprint density at radius 1 is 1.17 bits per heavy atom. The van der Waals surface area contributed by atoms with Crippen LogP contribution in [0, 0.1) is 0 Å². The molecule has 2 heteroatoms. The molecule has 66 valence electrons. The fourth-order valence-electron chi connectivity index (χ4n) is 1.75. The van der Waals surface area contributed by atoms with Crippen LogP contribution in [0.3, 0.4) is 0 Å². The van der Waals surface area contributed by atoms with E-state index in [0.717, 1.165) is 32.7 Å². The molecule has 1 aliphatic heterocycles. The zero-order valence-corrected chi connectivity index (χ0v) is 7.28. The summed E-state index contributed by atoms with van der Waals surface area (Å²) in [6, 6.07) is 0.624. The lowest BCUT2D eigenvalue weighted by atomic mass is 10.1. The topological polar surface area (TPSA) is 12.5 Å². The van der Waals surface area contributed by atoms with Crippen molar-refractivity contribution in [3.05, 3.63) is 24.3 Å². The van der Waals surface area contributed by atoms with Crippen molar-refractivity contribution in [2.75, 3.05) is 26.3 Å². The average molecular weight is 165 g/mol. The smallest absolute Gasteiger partial charge is 0.0594 e. The van der Waals surface area contributed by atoms with Gasteiger partial charge in [0.05, 0.1) is 13.2 Å². The van der Waals surface area contributed by atoms with Crippen LogP contribution >= 0.6 is 0 Å². The molecule has 0 bridgehead atoms. The summed E-state index contributed by atoms with van der Waals surface area (Å²) in [7, 11) is 0. The molecule has 2 nitrogen and oxygen atoms in total. The molecule has 1 heterocycles. The Balaban J connectivity index is 1.90. The minimum Gasteiger partial charge on any atom is -0.379 e. The van der Waals surface area contributed by atoms with Crippen molar-refractivity contribution in [1.29, 1.82) is 0 Å². The minimum absolute atomic E-state index is 0.624. The second-order valence-electron chi connectivity index (χ2n) is 3.26. The van der Waals surface area contributed by atoms with E-state index in [1.807, 2.05) is 0 Å². The molecule has 2 aliphatic rings. The molecule has 1 atom stereocenters. The molecule has 1 fully saturated rings. The maximum Gasteiger partial charge on any atom is 0.0594 e. The molecule has 0 N–H and O–H groups in total. The van der Waals surface area contributed by atoms with Crippen molar-refractivity contribution in [3.8, 4) is 0 Å². The van der Waals surface area contributed by atoms with Crippen molar-refractivity contribution in [2.45, 2.75) is 12.5 Å². The van der Waals surface area contributed by atoms with Crippen LogP contribution in [0.4, 0.5) is 0 Å². The molecule has 0 aromatic carbocycles. The third-order valence-corrected chi connectivity index (χ3v) is 2.47. The summed E-state index contributed by atoms with van der Waals surface area (Å²) in [5, 5.41) is 0. The van der Waals surface area contributed by atoms with E-state index in [-0.39, 0.29) is 0 Å². The van der Waals surface area contributed by atoms with E-state index in [0.29, 0.717) is 6.04 Å². The van der Waals surface area contributed by atoms with Crippen molar-refractivity contribution < 1.29 is 4.74 Å². The molecule has 0 radical (unpaired) electrons. The van der Waals surface area contributed by atoms with E-state index in [4.69, 9.17) is 4.74 Å². The second-order valence-corrected chi connectivity index (χ2v) is 3.26. The van der Waals surface area contributed by atoms with E-state index >= 15 is 0 Å². The van der Waals surface area contributed by atoms with Crippen LogP contribution in [0.1, 0.15) is 6.42 Å². The number of hydrogen-bond acceptors (Lipinski definition) is 2. The Morgan fingerprint density at radius 3 is 2.67 bits per heavy atom. The van der Waals surface area contributed by atoms with Crippen LogP contribution in [0.2, 0.25) is 0 Å². The molecule has 1 saturated heterocycles. The van der Waals surface area contributed by atoms with E-state index in [9.17, 15) is 0 Å². The van der Waals surface area contributed by atoms with Gasteiger partial charge in [-0.05, 0) is 6.42 Å². The lowest BCUT2D eigenvalue weighted by Crippen LogP contribution is -2.42. The van der Waals surface area contributed by atoms with Gasteiger partial charge in [-0.3, -0.25) is 4.90 Å².